The number of carbonyl (C=O) groups is 1. The zero-order valence-corrected chi connectivity index (χ0v) is 15.6. The lowest BCUT2D eigenvalue weighted by molar-refractivity contribution is -0.116. The van der Waals surface area contributed by atoms with Gasteiger partial charge in [0.25, 0.3) is 10.0 Å². The van der Waals surface area contributed by atoms with Crippen LogP contribution in [0.25, 0.3) is 0 Å². The van der Waals surface area contributed by atoms with E-state index in [0.29, 0.717) is 41.3 Å². The molecule has 1 aliphatic rings. The predicted octanol–water partition coefficient (Wildman–Crippen LogP) is 2.70. The first kappa shape index (κ1) is 18.1. The average Bonchev–Trinajstić information content (AvgIpc) is 2.62. The molecule has 2 aromatic carbocycles. The molecule has 0 aromatic heterocycles. The van der Waals surface area contributed by atoms with E-state index in [0.717, 1.165) is 5.56 Å². The van der Waals surface area contributed by atoms with E-state index < -0.39 is 10.0 Å². The summed E-state index contributed by atoms with van der Waals surface area (Å²) >= 11 is 0. The lowest BCUT2D eigenvalue weighted by Gasteiger charge is -2.18. The molecule has 0 spiro atoms. The summed E-state index contributed by atoms with van der Waals surface area (Å²) < 4.78 is 38.6. The number of carbonyl (C=O) groups excluding carboxylic acids is 1. The van der Waals surface area contributed by atoms with Crippen LogP contribution < -0.4 is 19.5 Å². The zero-order valence-electron chi connectivity index (χ0n) is 14.8. The topological polar surface area (TPSA) is 93.7 Å². The summed E-state index contributed by atoms with van der Waals surface area (Å²) in [6, 6.07) is 7.97. The molecule has 0 unspecified atom stereocenters. The second kappa shape index (κ2) is 6.87. The van der Waals surface area contributed by atoms with Gasteiger partial charge < -0.3 is 14.8 Å². The third-order valence-electron chi connectivity index (χ3n) is 4.26. The van der Waals surface area contributed by atoms with Gasteiger partial charge in [-0.15, -0.1) is 0 Å². The van der Waals surface area contributed by atoms with Crippen LogP contribution in [-0.2, 0) is 21.2 Å². The van der Waals surface area contributed by atoms with Gasteiger partial charge >= 0.3 is 0 Å². The highest BCUT2D eigenvalue weighted by atomic mass is 32.2. The van der Waals surface area contributed by atoms with E-state index in [9.17, 15) is 13.2 Å². The van der Waals surface area contributed by atoms with Gasteiger partial charge in [-0.05, 0) is 48.7 Å². The summed E-state index contributed by atoms with van der Waals surface area (Å²) in [6.07, 6.45) is 0.860. The van der Waals surface area contributed by atoms with Crippen LogP contribution in [0, 0.1) is 6.92 Å². The molecule has 0 bridgehead atoms. The Bertz CT molecular complexity index is 970. The highest BCUT2D eigenvalue weighted by molar-refractivity contribution is 7.92. The molecule has 3 rings (SSSR count). The van der Waals surface area contributed by atoms with Crippen LogP contribution in [-0.4, -0.2) is 28.5 Å². The number of hydrogen-bond acceptors (Lipinski definition) is 5. The fourth-order valence-electron chi connectivity index (χ4n) is 2.82. The van der Waals surface area contributed by atoms with Crippen molar-refractivity contribution in [3.05, 3.63) is 41.5 Å². The van der Waals surface area contributed by atoms with Gasteiger partial charge in [-0.2, -0.15) is 0 Å². The van der Waals surface area contributed by atoms with E-state index in [2.05, 4.69) is 10.0 Å². The third-order valence-corrected chi connectivity index (χ3v) is 5.62. The Morgan fingerprint density at radius 2 is 1.73 bits per heavy atom. The lowest BCUT2D eigenvalue weighted by atomic mass is 10.0. The number of anilines is 2. The smallest absolute Gasteiger partial charge is 0.261 e. The number of aryl methyl sites for hydroxylation is 2. The summed E-state index contributed by atoms with van der Waals surface area (Å²) in [4.78, 5) is 11.6. The molecular formula is C18H20N2O5S. The third kappa shape index (κ3) is 3.45. The Morgan fingerprint density at radius 3 is 2.42 bits per heavy atom. The van der Waals surface area contributed by atoms with Crippen molar-refractivity contribution in [1.29, 1.82) is 0 Å². The fourth-order valence-corrected chi connectivity index (χ4v) is 3.99. The Hall–Kier alpha value is -2.74. The molecule has 0 saturated heterocycles. The largest absolute Gasteiger partial charge is 0.493 e. The van der Waals surface area contributed by atoms with Crippen molar-refractivity contribution < 1.29 is 22.7 Å². The Labute approximate surface area is 152 Å². The first-order valence-corrected chi connectivity index (χ1v) is 9.50. The molecular weight excluding hydrogens is 356 g/mol. The summed E-state index contributed by atoms with van der Waals surface area (Å²) in [7, 11) is -0.776. The van der Waals surface area contributed by atoms with Crippen LogP contribution in [0.5, 0.6) is 11.5 Å². The summed E-state index contributed by atoms with van der Waals surface area (Å²) in [5.41, 5.74) is 2.57. The van der Waals surface area contributed by atoms with Gasteiger partial charge in [0.1, 0.15) is 0 Å². The average molecular weight is 376 g/mol. The van der Waals surface area contributed by atoms with Crippen molar-refractivity contribution in [1.82, 2.24) is 0 Å². The van der Waals surface area contributed by atoms with Gasteiger partial charge in [0.15, 0.2) is 11.5 Å². The number of fused-ring (bicyclic) bond motifs is 1. The van der Waals surface area contributed by atoms with E-state index in [1.165, 1.54) is 20.3 Å². The minimum Gasteiger partial charge on any atom is -0.493 e. The molecule has 8 heteroatoms. The number of hydrogen-bond donors (Lipinski definition) is 2. The second-order valence-corrected chi connectivity index (χ2v) is 7.68. The fraction of sp³-hybridized carbons (Fsp3) is 0.278. The Kier molecular flexibility index (Phi) is 4.78. The van der Waals surface area contributed by atoms with Crippen molar-refractivity contribution in [3.63, 3.8) is 0 Å². The molecule has 0 atom stereocenters. The van der Waals surface area contributed by atoms with Gasteiger partial charge in [0.2, 0.25) is 5.91 Å². The van der Waals surface area contributed by atoms with Crippen molar-refractivity contribution in [2.45, 2.75) is 24.7 Å². The molecule has 0 aliphatic carbocycles. The maximum Gasteiger partial charge on any atom is 0.261 e. The van der Waals surface area contributed by atoms with Gasteiger partial charge in [0.05, 0.1) is 24.8 Å². The minimum atomic E-state index is -3.79. The van der Waals surface area contributed by atoms with Crippen LogP contribution in [0.3, 0.4) is 0 Å². The molecule has 1 heterocycles. The number of methoxy groups -OCH3 is 2. The van der Waals surface area contributed by atoms with Crippen LogP contribution in [0.4, 0.5) is 11.4 Å². The van der Waals surface area contributed by atoms with Crippen molar-refractivity contribution in [2.75, 3.05) is 24.3 Å². The number of ether oxygens (including phenoxy) is 2. The van der Waals surface area contributed by atoms with Gasteiger partial charge in [-0.1, -0.05) is 0 Å². The minimum absolute atomic E-state index is 0.0628. The Morgan fingerprint density at radius 1 is 1.04 bits per heavy atom. The van der Waals surface area contributed by atoms with Crippen LogP contribution in [0.2, 0.25) is 0 Å². The highest BCUT2D eigenvalue weighted by Crippen LogP contribution is 2.34. The first-order valence-electron chi connectivity index (χ1n) is 8.02. The molecule has 0 saturated carbocycles. The maximum atomic E-state index is 12.8. The molecule has 0 radical (unpaired) electrons. The predicted molar refractivity (Wildman–Crippen MR) is 98.5 cm³/mol. The van der Waals surface area contributed by atoms with E-state index in [4.69, 9.17) is 9.47 Å². The van der Waals surface area contributed by atoms with Crippen molar-refractivity contribution in [2.24, 2.45) is 0 Å². The van der Waals surface area contributed by atoms with E-state index in [-0.39, 0.29) is 10.8 Å². The molecule has 2 N–H and O–H groups in total. The van der Waals surface area contributed by atoms with Crippen LogP contribution in [0.1, 0.15) is 17.5 Å². The summed E-state index contributed by atoms with van der Waals surface area (Å²) in [5, 5.41) is 2.74. The Balaban J connectivity index is 1.94. The second-order valence-electron chi connectivity index (χ2n) is 5.99. The van der Waals surface area contributed by atoms with Crippen LogP contribution >= 0.6 is 0 Å². The van der Waals surface area contributed by atoms with E-state index in [1.54, 1.807) is 31.2 Å². The standard InChI is InChI=1S/C18H20N2O5S/c1-11-8-16(24-2)17(25-3)10-15(11)20-26(22,23)13-5-6-14-12(9-13)4-7-18(21)19-14/h5-6,8-10,20H,4,7H2,1-3H3,(H,19,21). The quantitative estimate of drug-likeness (QED) is 0.837. The molecule has 0 fully saturated rings. The van der Waals surface area contributed by atoms with Gasteiger partial charge in [-0.3, -0.25) is 9.52 Å². The maximum absolute atomic E-state index is 12.8. The molecule has 2 aromatic rings. The molecule has 1 amide bonds. The molecule has 1 aliphatic heterocycles. The highest BCUT2D eigenvalue weighted by Gasteiger charge is 2.21. The van der Waals surface area contributed by atoms with E-state index >= 15 is 0 Å². The number of sulfonamides is 1. The first-order chi connectivity index (χ1) is 12.3. The summed E-state index contributed by atoms with van der Waals surface area (Å²) in [5.74, 6) is 0.897. The number of rotatable bonds is 5. The van der Waals surface area contributed by atoms with Crippen LogP contribution in [0.15, 0.2) is 35.2 Å². The number of nitrogens with one attached hydrogen (secondary N) is 2. The molecule has 138 valence electrons. The SMILES string of the molecule is COc1cc(C)c(NS(=O)(=O)c2ccc3c(c2)CCC(=O)N3)cc1OC. The van der Waals surface area contributed by atoms with Crippen molar-refractivity contribution >= 4 is 27.3 Å². The monoisotopic (exact) mass is 376 g/mol. The normalized spacial score (nSPS) is 13.6. The van der Waals surface area contributed by atoms with Gasteiger partial charge in [0, 0.05) is 18.2 Å². The van der Waals surface area contributed by atoms with Crippen molar-refractivity contribution in [3.8, 4) is 11.5 Å². The summed E-state index contributed by atoms with van der Waals surface area (Å²) in [6.45, 7) is 1.78. The molecule has 26 heavy (non-hydrogen) atoms. The molecule has 7 nitrogen and oxygen atoms in total. The lowest BCUT2D eigenvalue weighted by Crippen LogP contribution is -2.20. The number of amides is 1. The zero-order chi connectivity index (χ0) is 18.9. The van der Waals surface area contributed by atoms with Gasteiger partial charge in [-0.25, -0.2) is 8.42 Å². The number of benzene rings is 2. The van der Waals surface area contributed by atoms with E-state index in [1.807, 2.05) is 0 Å².